The van der Waals surface area contributed by atoms with Crippen molar-refractivity contribution in [3.63, 3.8) is 0 Å². The van der Waals surface area contributed by atoms with Crippen LogP contribution >= 0.6 is 0 Å². The van der Waals surface area contributed by atoms with Gasteiger partial charge >= 0.3 is 0 Å². The minimum atomic E-state index is -0.157. The van der Waals surface area contributed by atoms with E-state index in [-0.39, 0.29) is 17.3 Å². The van der Waals surface area contributed by atoms with Crippen molar-refractivity contribution in [1.82, 2.24) is 5.32 Å². The molecule has 1 atom stereocenters. The van der Waals surface area contributed by atoms with Gasteiger partial charge in [0.1, 0.15) is 5.82 Å². The molecule has 112 valence electrons. The Morgan fingerprint density at radius 1 is 1.00 bits per heavy atom. The topological polar surface area (TPSA) is 12.0 Å². The van der Waals surface area contributed by atoms with Gasteiger partial charge in [0.25, 0.3) is 0 Å². The highest BCUT2D eigenvalue weighted by Crippen LogP contribution is 2.34. The van der Waals surface area contributed by atoms with Gasteiger partial charge in [0.05, 0.1) is 0 Å². The highest BCUT2D eigenvalue weighted by Gasteiger charge is 2.28. The van der Waals surface area contributed by atoms with Crippen LogP contribution in [-0.2, 0) is 0 Å². The Kier molecular flexibility index (Phi) is 5.20. The quantitative estimate of drug-likeness (QED) is 0.746. The molecule has 1 aliphatic rings. The zero-order chi connectivity index (χ0) is 14.6. The lowest BCUT2D eigenvalue weighted by atomic mass is 9.81. The fourth-order valence-corrected chi connectivity index (χ4v) is 3.18. The molecule has 1 fully saturated rings. The lowest BCUT2D eigenvalue weighted by Crippen LogP contribution is -2.39. The van der Waals surface area contributed by atoms with Gasteiger partial charge in [-0.2, -0.15) is 0 Å². The van der Waals surface area contributed by atoms with Gasteiger partial charge in [-0.05, 0) is 36.0 Å². The van der Waals surface area contributed by atoms with E-state index in [0.717, 1.165) is 0 Å². The largest absolute Gasteiger partial charge is 0.307 e. The summed E-state index contributed by atoms with van der Waals surface area (Å²) in [6, 6.07) is 7.88. The Hall–Kier alpha value is -0.890. The van der Waals surface area contributed by atoms with Crippen LogP contribution in [-0.4, -0.2) is 6.04 Å². The van der Waals surface area contributed by atoms with Gasteiger partial charge in [-0.3, -0.25) is 0 Å². The molecule has 1 aromatic carbocycles. The van der Waals surface area contributed by atoms with Crippen LogP contribution in [0.2, 0.25) is 0 Å². The van der Waals surface area contributed by atoms with E-state index in [4.69, 9.17) is 0 Å². The van der Waals surface area contributed by atoms with E-state index in [1.807, 2.05) is 12.1 Å². The molecule has 2 heteroatoms. The van der Waals surface area contributed by atoms with E-state index in [1.165, 1.54) is 44.1 Å². The van der Waals surface area contributed by atoms with Crippen molar-refractivity contribution < 1.29 is 4.39 Å². The smallest absolute Gasteiger partial charge is 0.123 e. The summed E-state index contributed by atoms with van der Waals surface area (Å²) in [6.45, 7) is 6.76. The third-order valence-corrected chi connectivity index (χ3v) is 4.33. The zero-order valence-electron chi connectivity index (χ0n) is 13.1. The highest BCUT2D eigenvalue weighted by molar-refractivity contribution is 5.22. The Morgan fingerprint density at radius 2 is 1.55 bits per heavy atom. The second-order valence-corrected chi connectivity index (χ2v) is 7.21. The van der Waals surface area contributed by atoms with E-state index in [9.17, 15) is 4.39 Å². The molecule has 2 rings (SSSR count). The molecule has 1 unspecified atom stereocenters. The van der Waals surface area contributed by atoms with Crippen molar-refractivity contribution in [2.24, 2.45) is 5.41 Å². The molecule has 0 amide bonds. The van der Waals surface area contributed by atoms with Crippen molar-refractivity contribution in [2.45, 2.75) is 71.4 Å². The molecule has 0 radical (unpaired) electrons. The number of benzene rings is 1. The highest BCUT2D eigenvalue weighted by atomic mass is 19.1. The Balaban J connectivity index is 2.13. The van der Waals surface area contributed by atoms with E-state index >= 15 is 0 Å². The summed E-state index contributed by atoms with van der Waals surface area (Å²) in [5.74, 6) is -0.157. The summed E-state index contributed by atoms with van der Waals surface area (Å²) in [5.41, 5.74) is 1.33. The molecule has 1 saturated carbocycles. The molecule has 0 saturated heterocycles. The van der Waals surface area contributed by atoms with Crippen LogP contribution in [0.5, 0.6) is 0 Å². The number of rotatable bonds is 3. The first-order valence-corrected chi connectivity index (χ1v) is 7.98. The lowest BCUT2D eigenvalue weighted by Gasteiger charge is -2.35. The molecule has 0 aliphatic heterocycles. The van der Waals surface area contributed by atoms with Crippen molar-refractivity contribution in [2.75, 3.05) is 0 Å². The maximum Gasteiger partial charge on any atom is 0.123 e. The third-order valence-electron chi connectivity index (χ3n) is 4.33. The zero-order valence-corrected chi connectivity index (χ0v) is 13.1. The predicted molar refractivity (Wildman–Crippen MR) is 83.2 cm³/mol. The molecule has 1 N–H and O–H groups in total. The fourth-order valence-electron chi connectivity index (χ4n) is 3.18. The SMILES string of the molecule is CC(C)(C)C(NC1CCCCCC1)c1ccc(F)cc1. The number of hydrogen-bond acceptors (Lipinski definition) is 1. The maximum absolute atomic E-state index is 13.1. The van der Waals surface area contributed by atoms with E-state index in [0.29, 0.717) is 6.04 Å². The first-order valence-electron chi connectivity index (χ1n) is 7.98. The maximum atomic E-state index is 13.1. The minimum Gasteiger partial charge on any atom is -0.307 e. The van der Waals surface area contributed by atoms with Gasteiger partial charge in [0.15, 0.2) is 0 Å². The molecule has 1 nitrogen and oxygen atoms in total. The fraction of sp³-hybridized carbons (Fsp3) is 0.667. The van der Waals surface area contributed by atoms with E-state index in [2.05, 4.69) is 26.1 Å². The summed E-state index contributed by atoms with van der Waals surface area (Å²) in [7, 11) is 0. The molecular formula is C18H28FN. The van der Waals surface area contributed by atoms with Gasteiger partial charge in [-0.1, -0.05) is 58.6 Å². The van der Waals surface area contributed by atoms with Crippen LogP contribution in [0.25, 0.3) is 0 Å². The number of nitrogens with one attached hydrogen (secondary N) is 1. The van der Waals surface area contributed by atoms with E-state index < -0.39 is 0 Å². The van der Waals surface area contributed by atoms with Gasteiger partial charge in [0, 0.05) is 12.1 Å². The van der Waals surface area contributed by atoms with Gasteiger partial charge in [-0.15, -0.1) is 0 Å². The van der Waals surface area contributed by atoms with Gasteiger partial charge < -0.3 is 5.32 Å². The predicted octanol–water partition coefficient (Wildman–Crippen LogP) is 5.23. The lowest BCUT2D eigenvalue weighted by molar-refractivity contribution is 0.240. The van der Waals surface area contributed by atoms with E-state index in [1.54, 1.807) is 12.1 Å². The standard InChI is InChI=1S/C18H28FN/c1-18(2,3)17(14-10-12-15(19)13-11-14)20-16-8-6-4-5-7-9-16/h10-13,16-17,20H,4-9H2,1-3H3. The third kappa shape index (κ3) is 4.31. The summed E-state index contributed by atoms with van der Waals surface area (Å²) >= 11 is 0. The normalized spacial score (nSPS) is 19.6. The van der Waals surface area contributed by atoms with Crippen molar-refractivity contribution >= 4 is 0 Å². The van der Waals surface area contributed by atoms with Crippen LogP contribution in [0.15, 0.2) is 24.3 Å². The molecule has 20 heavy (non-hydrogen) atoms. The molecule has 0 spiro atoms. The van der Waals surface area contributed by atoms with Crippen molar-refractivity contribution in [3.8, 4) is 0 Å². The van der Waals surface area contributed by atoms with Crippen molar-refractivity contribution in [3.05, 3.63) is 35.6 Å². The van der Waals surface area contributed by atoms with Crippen LogP contribution in [0.1, 0.15) is 70.9 Å². The summed E-state index contributed by atoms with van der Waals surface area (Å²) < 4.78 is 13.1. The van der Waals surface area contributed by atoms with Crippen molar-refractivity contribution in [1.29, 1.82) is 0 Å². The summed E-state index contributed by atoms with van der Waals surface area (Å²) in [6.07, 6.45) is 7.95. The Bertz CT molecular complexity index is 396. The van der Waals surface area contributed by atoms with Crippen LogP contribution in [0.3, 0.4) is 0 Å². The first-order chi connectivity index (χ1) is 9.47. The second kappa shape index (κ2) is 6.71. The summed E-state index contributed by atoms with van der Waals surface area (Å²) in [5, 5.41) is 3.85. The molecular weight excluding hydrogens is 249 g/mol. The monoisotopic (exact) mass is 277 g/mol. The van der Waals surface area contributed by atoms with Gasteiger partial charge in [-0.25, -0.2) is 4.39 Å². The number of halogens is 1. The average Bonchev–Trinajstić information content (AvgIpc) is 2.64. The molecule has 0 aromatic heterocycles. The molecule has 0 bridgehead atoms. The Labute approximate surface area is 123 Å². The molecule has 1 aliphatic carbocycles. The van der Waals surface area contributed by atoms with Gasteiger partial charge in [0.2, 0.25) is 0 Å². The minimum absolute atomic E-state index is 0.129. The number of hydrogen-bond donors (Lipinski definition) is 1. The average molecular weight is 277 g/mol. The van der Waals surface area contributed by atoms with Crippen LogP contribution in [0.4, 0.5) is 4.39 Å². The molecule has 1 aromatic rings. The van der Waals surface area contributed by atoms with Crippen LogP contribution < -0.4 is 5.32 Å². The molecule has 0 heterocycles. The Morgan fingerprint density at radius 3 is 2.05 bits per heavy atom. The first kappa shape index (κ1) is 15.5. The summed E-state index contributed by atoms with van der Waals surface area (Å²) in [4.78, 5) is 0. The second-order valence-electron chi connectivity index (χ2n) is 7.21. The van der Waals surface area contributed by atoms with Crippen LogP contribution in [0, 0.1) is 11.2 Å².